The van der Waals surface area contributed by atoms with Crippen LogP contribution in [0.2, 0.25) is 0 Å². The Morgan fingerprint density at radius 1 is 1.25 bits per heavy atom. The third kappa shape index (κ3) is 4.47. The van der Waals surface area contributed by atoms with Crippen LogP contribution < -0.4 is 10.1 Å². The molecule has 1 fully saturated rings. The molecule has 112 valence electrons. The van der Waals surface area contributed by atoms with Crippen LogP contribution in [-0.4, -0.2) is 40.5 Å². The summed E-state index contributed by atoms with van der Waals surface area (Å²) in [6.45, 7) is 3.36. The van der Waals surface area contributed by atoms with E-state index >= 15 is 0 Å². The number of methoxy groups -OCH3 is 1. The van der Waals surface area contributed by atoms with Crippen LogP contribution in [0.5, 0.6) is 5.75 Å². The highest BCUT2D eigenvalue weighted by molar-refractivity contribution is 5.28. The first-order valence-electron chi connectivity index (χ1n) is 7.31. The molecule has 0 aliphatic carbocycles. The first kappa shape index (κ1) is 15.3. The van der Waals surface area contributed by atoms with Gasteiger partial charge >= 0.3 is 0 Å². The number of ether oxygens (including phenoxy) is 3. The fourth-order valence-electron chi connectivity index (χ4n) is 2.44. The maximum Gasteiger partial charge on any atom is 0.118 e. The van der Waals surface area contributed by atoms with Gasteiger partial charge in [-0.25, -0.2) is 0 Å². The summed E-state index contributed by atoms with van der Waals surface area (Å²) in [4.78, 5) is 0. The Balaban J connectivity index is 1.90. The number of hydrogen-bond acceptors (Lipinski definition) is 4. The van der Waals surface area contributed by atoms with Gasteiger partial charge in [0, 0.05) is 19.8 Å². The zero-order valence-electron chi connectivity index (χ0n) is 12.4. The molecule has 0 amide bonds. The fraction of sp³-hybridized carbons (Fsp3) is 0.625. The highest BCUT2D eigenvalue weighted by Gasteiger charge is 2.17. The van der Waals surface area contributed by atoms with Gasteiger partial charge in [0.2, 0.25) is 0 Å². The highest BCUT2D eigenvalue weighted by Crippen LogP contribution is 2.23. The lowest BCUT2D eigenvalue weighted by Crippen LogP contribution is -2.25. The molecule has 2 rings (SSSR count). The first-order valence-corrected chi connectivity index (χ1v) is 7.31. The summed E-state index contributed by atoms with van der Waals surface area (Å²) in [5.41, 5.74) is 1.19. The lowest BCUT2D eigenvalue weighted by Gasteiger charge is -2.25. The molecule has 0 bridgehead atoms. The van der Waals surface area contributed by atoms with Crippen LogP contribution in [0.15, 0.2) is 24.3 Å². The van der Waals surface area contributed by atoms with Crippen molar-refractivity contribution in [2.45, 2.75) is 18.9 Å². The molecule has 1 aromatic carbocycles. The Kier molecular flexibility index (Phi) is 6.30. The summed E-state index contributed by atoms with van der Waals surface area (Å²) in [6, 6.07) is 8.11. The van der Waals surface area contributed by atoms with Gasteiger partial charge < -0.3 is 19.5 Å². The van der Waals surface area contributed by atoms with E-state index in [1.54, 1.807) is 7.11 Å². The largest absolute Gasteiger partial charge is 0.497 e. The Morgan fingerprint density at radius 2 is 1.95 bits per heavy atom. The molecular formula is C16H25NO3. The molecule has 1 N–H and O–H groups in total. The minimum atomic E-state index is 0.0914. The van der Waals surface area contributed by atoms with Crippen LogP contribution in [-0.2, 0) is 9.47 Å². The maximum atomic E-state index is 6.12. The molecule has 1 unspecified atom stereocenters. The van der Waals surface area contributed by atoms with E-state index in [0.29, 0.717) is 5.92 Å². The molecule has 0 aromatic heterocycles. The van der Waals surface area contributed by atoms with Crippen LogP contribution >= 0.6 is 0 Å². The van der Waals surface area contributed by atoms with Gasteiger partial charge in [-0.2, -0.15) is 0 Å². The molecule has 1 aliphatic heterocycles. The summed E-state index contributed by atoms with van der Waals surface area (Å²) < 4.78 is 16.7. The van der Waals surface area contributed by atoms with Crippen molar-refractivity contribution in [3.05, 3.63) is 29.8 Å². The second-order valence-corrected chi connectivity index (χ2v) is 5.21. The summed E-state index contributed by atoms with van der Waals surface area (Å²) in [6.07, 6.45) is 2.30. The minimum Gasteiger partial charge on any atom is -0.497 e. The second-order valence-electron chi connectivity index (χ2n) is 5.21. The molecular weight excluding hydrogens is 254 g/mol. The van der Waals surface area contributed by atoms with E-state index in [4.69, 9.17) is 14.2 Å². The molecule has 0 saturated carbocycles. The SMILES string of the molecule is CNCC(OCC1CCOCC1)c1ccc(OC)cc1. The zero-order valence-corrected chi connectivity index (χ0v) is 12.4. The Morgan fingerprint density at radius 3 is 2.55 bits per heavy atom. The Labute approximate surface area is 121 Å². The Hall–Kier alpha value is -1.10. The van der Waals surface area contributed by atoms with E-state index in [0.717, 1.165) is 45.0 Å². The first-order chi connectivity index (χ1) is 9.83. The van der Waals surface area contributed by atoms with Crippen LogP contribution in [0.1, 0.15) is 24.5 Å². The average molecular weight is 279 g/mol. The number of hydrogen-bond donors (Lipinski definition) is 1. The molecule has 1 saturated heterocycles. The standard InChI is InChI=1S/C16H25NO3/c1-17-11-16(14-3-5-15(18-2)6-4-14)20-12-13-7-9-19-10-8-13/h3-6,13,16-17H,7-12H2,1-2H3. The minimum absolute atomic E-state index is 0.0914. The van der Waals surface area contributed by atoms with Crippen molar-refractivity contribution in [2.24, 2.45) is 5.92 Å². The van der Waals surface area contributed by atoms with Crippen LogP contribution in [0.3, 0.4) is 0 Å². The van der Waals surface area contributed by atoms with E-state index in [2.05, 4.69) is 17.4 Å². The van der Waals surface area contributed by atoms with Gasteiger partial charge in [-0.3, -0.25) is 0 Å². The summed E-state index contributed by atoms with van der Waals surface area (Å²) >= 11 is 0. The molecule has 0 radical (unpaired) electrons. The maximum absolute atomic E-state index is 6.12. The predicted octanol–water partition coefficient (Wildman–Crippen LogP) is 2.40. The van der Waals surface area contributed by atoms with Crippen LogP contribution in [0.4, 0.5) is 0 Å². The predicted molar refractivity (Wildman–Crippen MR) is 79.2 cm³/mol. The van der Waals surface area contributed by atoms with Crippen LogP contribution in [0.25, 0.3) is 0 Å². The monoisotopic (exact) mass is 279 g/mol. The molecule has 1 heterocycles. The van der Waals surface area contributed by atoms with E-state index in [1.807, 2.05) is 19.2 Å². The highest BCUT2D eigenvalue weighted by atomic mass is 16.5. The third-order valence-corrected chi connectivity index (χ3v) is 3.75. The lowest BCUT2D eigenvalue weighted by atomic mass is 10.0. The zero-order chi connectivity index (χ0) is 14.2. The van der Waals surface area contributed by atoms with Crippen molar-refractivity contribution in [1.82, 2.24) is 5.32 Å². The van der Waals surface area contributed by atoms with Gasteiger partial charge in [0.15, 0.2) is 0 Å². The van der Waals surface area contributed by atoms with Crippen molar-refractivity contribution >= 4 is 0 Å². The van der Waals surface area contributed by atoms with Crippen molar-refractivity contribution in [3.8, 4) is 5.75 Å². The summed E-state index contributed by atoms with van der Waals surface area (Å²) in [5.74, 6) is 1.50. The molecule has 1 aromatic rings. The molecule has 20 heavy (non-hydrogen) atoms. The molecule has 4 heteroatoms. The van der Waals surface area contributed by atoms with E-state index in [9.17, 15) is 0 Å². The van der Waals surface area contributed by atoms with E-state index in [1.165, 1.54) is 5.56 Å². The quantitative estimate of drug-likeness (QED) is 0.832. The van der Waals surface area contributed by atoms with Gasteiger partial charge in [-0.15, -0.1) is 0 Å². The normalized spacial score (nSPS) is 17.9. The van der Waals surface area contributed by atoms with Gasteiger partial charge in [-0.05, 0) is 43.5 Å². The van der Waals surface area contributed by atoms with Gasteiger partial charge in [0.1, 0.15) is 5.75 Å². The molecule has 1 atom stereocenters. The molecule has 1 aliphatic rings. The number of likely N-dealkylation sites (N-methyl/N-ethyl adjacent to an activating group) is 1. The average Bonchev–Trinajstić information content (AvgIpc) is 2.52. The van der Waals surface area contributed by atoms with Crippen molar-refractivity contribution in [1.29, 1.82) is 0 Å². The lowest BCUT2D eigenvalue weighted by molar-refractivity contribution is -0.0108. The third-order valence-electron chi connectivity index (χ3n) is 3.75. The molecule has 4 nitrogen and oxygen atoms in total. The van der Waals surface area contributed by atoms with Gasteiger partial charge in [0.25, 0.3) is 0 Å². The van der Waals surface area contributed by atoms with Crippen LogP contribution in [0, 0.1) is 5.92 Å². The number of rotatable bonds is 7. The van der Waals surface area contributed by atoms with Crippen molar-refractivity contribution < 1.29 is 14.2 Å². The summed E-state index contributed by atoms with van der Waals surface area (Å²) in [5, 5.41) is 3.20. The smallest absolute Gasteiger partial charge is 0.118 e. The van der Waals surface area contributed by atoms with Gasteiger partial charge in [-0.1, -0.05) is 12.1 Å². The number of benzene rings is 1. The van der Waals surface area contributed by atoms with Gasteiger partial charge in [0.05, 0.1) is 19.8 Å². The van der Waals surface area contributed by atoms with Crippen molar-refractivity contribution in [2.75, 3.05) is 40.5 Å². The van der Waals surface area contributed by atoms with Crippen molar-refractivity contribution in [3.63, 3.8) is 0 Å². The molecule has 0 spiro atoms. The second kappa shape index (κ2) is 8.25. The summed E-state index contributed by atoms with van der Waals surface area (Å²) in [7, 11) is 3.63. The Bertz CT molecular complexity index is 374. The fourth-order valence-corrected chi connectivity index (χ4v) is 2.44. The van der Waals surface area contributed by atoms with E-state index in [-0.39, 0.29) is 6.10 Å². The van der Waals surface area contributed by atoms with E-state index < -0.39 is 0 Å². The topological polar surface area (TPSA) is 39.7 Å². The number of nitrogens with one attached hydrogen (secondary N) is 1.